The molecule has 0 bridgehead atoms. The van der Waals surface area contributed by atoms with Crippen molar-refractivity contribution in [3.8, 4) is 0 Å². The fourth-order valence-electron chi connectivity index (χ4n) is 2.56. The molecule has 0 amide bonds. The lowest BCUT2D eigenvalue weighted by Gasteiger charge is -2.28. The van der Waals surface area contributed by atoms with E-state index in [1.54, 1.807) is 0 Å². The lowest BCUT2D eigenvalue weighted by atomic mass is 9.81. The SMILES string of the molecule is CC1CCCCC1CNS(=O)(=O)c1ccc(C(=O)O)o1. The Labute approximate surface area is 118 Å². The van der Waals surface area contributed by atoms with Gasteiger partial charge in [-0.3, -0.25) is 0 Å². The molecule has 0 spiro atoms. The van der Waals surface area contributed by atoms with Crippen molar-refractivity contribution in [3.63, 3.8) is 0 Å². The van der Waals surface area contributed by atoms with Gasteiger partial charge in [-0.1, -0.05) is 26.2 Å². The third-order valence-electron chi connectivity index (χ3n) is 3.88. The highest BCUT2D eigenvalue weighted by molar-refractivity contribution is 7.89. The van der Waals surface area contributed by atoms with E-state index in [1.807, 2.05) is 0 Å². The van der Waals surface area contributed by atoms with E-state index in [2.05, 4.69) is 11.6 Å². The minimum Gasteiger partial charge on any atom is -0.475 e. The summed E-state index contributed by atoms with van der Waals surface area (Å²) in [5, 5.41) is 8.37. The molecule has 0 aliphatic heterocycles. The van der Waals surface area contributed by atoms with Crippen LogP contribution in [0.25, 0.3) is 0 Å². The number of carboxylic acid groups (broad SMARTS) is 1. The van der Waals surface area contributed by atoms with Crippen LogP contribution in [0.15, 0.2) is 21.6 Å². The Morgan fingerprint density at radius 2 is 2.10 bits per heavy atom. The minimum absolute atomic E-state index is 0.326. The summed E-state index contributed by atoms with van der Waals surface area (Å²) in [5.74, 6) is -0.839. The van der Waals surface area contributed by atoms with E-state index in [9.17, 15) is 13.2 Å². The number of carboxylic acids is 1. The lowest BCUT2D eigenvalue weighted by Crippen LogP contribution is -2.33. The zero-order chi connectivity index (χ0) is 14.8. The maximum atomic E-state index is 12.0. The normalized spacial score (nSPS) is 23.6. The summed E-state index contributed by atoms with van der Waals surface area (Å²) in [6.07, 6.45) is 4.46. The van der Waals surface area contributed by atoms with Gasteiger partial charge >= 0.3 is 5.97 Å². The number of furan rings is 1. The van der Waals surface area contributed by atoms with Gasteiger partial charge in [0.1, 0.15) is 0 Å². The molecule has 112 valence electrons. The van der Waals surface area contributed by atoms with Crippen LogP contribution in [0.1, 0.15) is 43.2 Å². The average molecular weight is 301 g/mol. The summed E-state index contributed by atoms with van der Waals surface area (Å²) in [7, 11) is -3.78. The summed E-state index contributed by atoms with van der Waals surface area (Å²) in [4.78, 5) is 10.7. The predicted molar refractivity (Wildman–Crippen MR) is 72.0 cm³/mol. The zero-order valence-corrected chi connectivity index (χ0v) is 12.1. The summed E-state index contributed by atoms with van der Waals surface area (Å²) in [5.41, 5.74) is 0. The fourth-order valence-corrected chi connectivity index (χ4v) is 3.59. The van der Waals surface area contributed by atoms with E-state index >= 15 is 0 Å². The van der Waals surface area contributed by atoms with Gasteiger partial charge < -0.3 is 9.52 Å². The second-order valence-corrected chi connectivity index (χ2v) is 7.00. The number of hydrogen-bond donors (Lipinski definition) is 2. The van der Waals surface area contributed by atoms with Crippen LogP contribution in [-0.2, 0) is 10.0 Å². The van der Waals surface area contributed by atoms with E-state index in [4.69, 9.17) is 9.52 Å². The standard InChI is InChI=1S/C13H19NO5S/c1-9-4-2-3-5-10(9)8-14-20(17,18)12-7-6-11(19-12)13(15)16/h6-7,9-10,14H,2-5,8H2,1H3,(H,15,16). The second-order valence-electron chi connectivity index (χ2n) is 5.30. The molecule has 1 fully saturated rings. The molecule has 6 nitrogen and oxygen atoms in total. The molecule has 0 aromatic carbocycles. The molecule has 2 rings (SSSR count). The van der Waals surface area contributed by atoms with Crippen LogP contribution in [0.5, 0.6) is 0 Å². The van der Waals surface area contributed by atoms with E-state index in [0.717, 1.165) is 31.4 Å². The Balaban J connectivity index is 2.01. The number of nitrogens with one attached hydrogen (secondary N) is 1. The quantitative estimate of drug-likeness (QED) is 0.868. The van der Waals surface area contributed by atoms with Gasteiger partial charge in [-0.25, -0.2) is 17.9 Å². The molecule has 1 aliphatic carbocycles. The molecule has 1 saturated carbocycles. The fraction of sp³-hybridized carbons (Fsp3) is 0.615. The van der Waals surface area contributed by atoms with Crippen molar-refractivity contribution in [1.82, 2.24) is 4.72 Å². The smallest absolute Gasteiger partial charge is 0.371 e. The van der Waals surface area contributed by atoms with Crippen molar-refractivity contribution in [2.45, 2.75) is 37.7 Å². The summed E-state index contributed by atoms with van der Waals surface area (Å²) in [6.45, 7) is 2.50. The van der Waals surface area contributed by atoms with E-state index in [-0.39, 0.29) is 10.9 Å². The first-order valence-electron chi connectivity index (χ1n) is 6.73. The molecule has 0 radical (unpaired) electrons. The second kappa shape index (κ2) is 5.97. The third kappa shape index (κ3) is 3.40. The highest BCUT2D eigenvalue weighted by atomic mass is 32.2. The van der Waals surface area contributed by atoms with Crippen molar-refractivity contribution in [3.05, 3.63) is 17.9 Å². The molecule has 20 heavy (non-hydrogen) atoms. The van der Waals surface area contributed by atoms with Crippen LogP contribution < -0.4 is 4.72 Å². The molecule has 0 saturated heterocycles. The molecule has 2 unspecified atom stereocenters. The molecule has 1 heterocycles. The Morgan fingerprint density at radius 1 is 1.40 bits per heavy atom. The van der Waals surface area contributed by atoms with Gasteiger partial charge in [0.2, 0.25) is 10.9 Å². The third-order valence-corrected chi connectivity index (χ3v) is 5.18. The van der Waals surface area contributed by atoms with Gasteiger partial charge in [0.15, 0.2) is 0 Å². The summed E-state index contributed by atoms with van der Waals surface area (Å²) in [6, 6.07) is 2.30. The highest BCUT2D eigenvalue weighted by Gasteiger charge is 2.25. The van der Waals surface area contributed by atoms with Gasteiger partial charge in [0.25, 0.3) is 10.0 Å². The van der Waals surface area contributed by atoms with Crippen molar-refractivity contribution in [2.75, 3.05) is 6.54 Å². The van der Waals surface area contributed by atoms with Crippen LogP contribution in [0, 0.1) is 11.8 Å². The van der Waals surface area contributed by atoms with Gasteiger partial charge in [-0.05, 0) is 30.4 Å². The minimum atomic E-state index is -3.78. The summed E-state index contributed by atoms with van der Waals surface area (Å²) < 4.78 is 31.4. The Hall–Kier alpha value is -1.34. The maximum absolute atomic E-state index is 12.0. The van der Waals surface area contributed by atoms with Gasteiger partial charge in [0, 0.05) is 6.54 Å². The topological polar surface area (TPSA) is 96.6 Å². The number of hydrogen-bond acceptors (Lipinski definition) is 4. The maximum Gasteiger partial charge on any atom is 0.371 e. The highest BCUT2D eigenvalue weighted by Crippen LogP contribution is 2.29. The monoisotopic (exact) mass is 301 g/mol. The predicted octanol–water partition coefficient (Wildman–Crippen LogP) is 2.08. The van der Waals surface area contributed by atoms with Crippen LogP contribution >= 0.6 is 0 Å². The van der Waals surface area contributed by atoms with E-state index in [1.165, 1.54) is 6.42 Å². The van der Waals surface area contributed by atoms with Crippen LogP contribution in [0.4, 0.5) is 0 Å². The van der Waals surface area contributed by atoms with Crippen molar-refractivity contribution in [2.24, 2.45) is 11.8 Å². The number of carbonyl (C=O) groups is 1. The van der Waals surface area contributed by atoms with Gasteiger partial charge in [0.05, 0.1) is 0 Å². The van der Waals surface area contributed by atoms with E-state index in [0.29, 0.717) is 18.4 Å². The zero-order valence-electron chi connectivity index (χ0n) is 11.3. The van der Waals surface area contributed by atoms with Crippen molar-refractivity contribution >= 4 is 16.0 Å². The van der Waals surface area contributed by atoms with Crippen LogP contribution in [0.2, 0.25) is 0 Å². The molecule has 1 aromatic rings. The lowest BCUT2D eigenvalue weighted by molar-refractivity contribution is 0.0656. The Bertz CT molecular complexity index is 577. The molecule has 2 N–H and O–H groups in total. The molecule has 1 aliphatic rings. The molecular weight excluding hydrogens is 282 g/mol. The Kier molecular flexibility index (Phi) is 4.49. The van der Waals surface area contributed by atoms with E-state index < -0.39 is 16.0 Å². The van der Waals surface area contributed by atoms with Crippen LogP contribution in [-0.4, -0.2) is 26.0 Å². The van der Waals surface area contributed by atoms with Crippen molar-refractivity contribution < 1.29 is 22.7 Å². The average Bonchev–Trinajstić information content (AvgIpc) is 2.88. The summed E-state index contributed by atoms with van der Waals surface area (Å²) >= 11 is 0. The number of rotatable bonds is 5. The molecular formula is C13H19NO5S. The van der Waals surface area contributed by atoms with Crippen molar-refractivity contribution in [1.29, 1.82) is 0 Å². The van der Waals surface area contributed by atoms with Crippen LogP contribution in [0.3, 0.4) is 0 Å². The first kappa shape index (κ1) is 15.1. The first-order valence-corrected chi connectivity index (χ1v) is 8.21. The number of aromatic carboxylic acids is 1. The Morgan fingerprint density at radius 3 is 2.70 bits per heavy atom. The van der Waals surface area contributed by atoms with Gasteiger partial charge in [-0.15, -0.1) is 0 Å². The molecule has 2 atom stereocenters. The molecule has 7 heteroatoms. The van der Waals surface area contributed by atoms with Gasteiger partial charge in [-0.2, -0.15) is 0 Å². The largest absolute Gasteiger partial charge is 0.475 e. The molecule has 1 aromatic heterocycles. The number of sulfonamides is 1. The first-order chi connectivity index (χ1) is 9.40.